The maximum absolute atomic E-state index is 8.81. The maximum atomic E-state index is 8.81. The molecule has 1 saturated heterocycles. The Morgan fingerprint density at radius 1 is 0.704 bits per heavy atom. The van der Waals surface area contributed by atoms with Crippen LogP contribution in [0.4, 0.5) is 0 Å². The third kappa shape index (κ3) is 6.76. The SMILES string of the molecule is OCCCN1CCN(Cc2ccccc2)CC1.c1ccc2c(c1)CCCC2. The first-order valence-corrected chi connectivity index (χ1v) is 10.5. The fourth-order valence-electron chi connectivity index (χ4n) is 3.98. The molecular formula is C24H34N2O. The number of piperazine rings is 1. The van der Waals surface area contributed by atoms with Crippen LogP contribution in [0, 0.1) is 0 Å². The highest BCUT2D eigenvalue weighted by molar-refractivity contribution is 5.28. The molecule has 0 spiro atoms. The molecule has 0 radical (unpaired) electrons. The van der Waals surface area contributed by atoms with Crippen LogP contribution in [0.3, 0.4) is 0 Å². The molecule has 0 saturated carbocycles. The molecule has 1 heterocycles. The number of hydrogen-bond acceptors (Lipinski definition) is 3. The molecule has 3 heteroatoms. The van der Waals surface area contributed by atoms with Crippen molar-refractivity contribution in [2.24, 2.45) is 0 Å². The van der Waals surface area contributed by atoms with Crippen LogP contribution in [0.2, 0.25) is 0 Å². The van der Waals surface area contributed by atoms with Crippen molar-refractivity contribution in [1.82, 2.24) is 9.80 Å². The molecule has 0 amide bonds. The van der Waals surface area contributed by atoms with E-state index in [-0.39, 0.29) is 0 Å². The zero-order valence-electron chi connectivity index (χ0n) is 16.5. The molecule has 2 aromatic carbocycles. The molecule has 1 N–H and O–H groups in total. The molecule has 0 aromatic heterocycles. The molecule has 1 aliphatic heterocycles. The summed E-state index contributed by atoms with van der Waals surface area (Å²) in [5, 5.41) is 8.81. The van der Waals surface area contributed by atoms with Crippen LogP contribution >= 0.6 is 0 Å². The third-order valence-electron chi connectivity index (χ3n) is 5.61. The van der Waals surface area contributed by atoms with Gasteiger partial charge in [0.25, 0.3) is 0 Å². The summed E-state index contributed by atoms with van der Waals surface area (Å²) in [5.41, 5.74) is 4.55. The number of aryl methyl sites for hydroxylation is 2. The molecule has 146 valence electrons. The van der Waals surface area contributed by atoms with Crippen molar-refractivity contribution in [3.63, 3.8) is 0 Å². The lowest BCUT2D eigenvalue weighted by atomic mass is 9.92. The van der Waals surface area contributed by atoms with Gasteiger partial charge in [0, 0.05) is 45.9 Å². The number of benzene rings is 2. The number of aliphatic hydroxyl groups is 1. The summed E-state index contributed by atoms with van der Waals surface area (Å²) >= 11 is 0. The zero-order chi connectivity index (χ0) is 18.7. The topological polar surface area (TPSA) is 26.7 Å². The minimum atomic E-state index is 0.310. The average molecular weight is 367 g/mol. The van der Waals surface area contributed by atoms with Gasteiger partial charge in [0.2, 0.25) is 0 Å². The fourth-order valence-corrected chi connectivity index (χ4v) is 3.98. The molecule has 0 atom stereocenters. The van der Waals surface area contributed by atoms with Crippen LogP contribution in [-0.4, -0.2) is 54.2 Å². The van der Waals surface area contributed by atoms with Gasteiger partial charge in [0.15, 0.2) is 0 Å². The Hall–Kier alpha value is -1.68. The third-order valence-corrected chi connectivity index (χ3v) is 5.61. The van der Waals surface area contributed by atoms with Gasteiger partial charge < -0.3 is 10.0 Å². The summed E-state index contributed by atoms with van der Waals surface area (Å²) in [6.45, 7) is 6.95. The summed E-state index contributed by atoms with van der Waals surface area (Å²) in [6, 6.07) is 19.5. The lowest BCUT2D eigenvalue weighted by molar-refractivity contribution is 0.120. The fraction of sp³-hybridized carbons (Fsp3) is 0.500. The summed E-state index contributed by atoms with van der Waals surface area (Å²) in [7, 11) is 0. The first-order valence-electron chi connectivity index (χ1n) is 10.5. The van der Waals surface area contributed by atoms with E-state index in [0.717, 1.165) is 45.7 Å². The predicted octanol–water partition coefficient (Wildman–Crippen LogP) is 3.75. The van der Waals surface area contributed by atoms with Crippen molar-refractivity contribution in [2.75, 3.05) is 39.3 Å². The van der Waals surface area contributed by atoms with Gasteiger partial charge in [-0.15, -0.1) is 0 Å². The molecule has 3 nitrogen and oxygen atoms in total. The quantitative estimate of drug-likeness (QED) is 0.873. The van der Waals surface area contributed by atoms with Gasteiger partial charge in [-0.05, 0) is 48.8 Å². The molecular weight excluding hydrogens is 332 g/mol. The average Bonchev–Trinajstić information content (AvgIpc) is 2.75. The minimum Gasteiger partial charge on any atom is -0.396 e. The van der Waals surface area contributed by atoms with E-state index in [4.69, 9.17) is 5.11 Å². The van der Waals surface area contributed by atoms with Crippen molar-refractivity contribution in [2.45, 2.75) is 38.6 Å². The van der Waals surface area contributed by atoms with Gasteiger partial charge in [-0.3, -0.25) is 4.90 Å². The number of nitrogens with zero attached hydrogens (tertiary/aromatic N) is 2. The van der Waals surface area contributed by atoms with E-state index >= 15 is 0 Å². The molecule has 1 aliphatic carbocycles. The van der Waals surface area contributed by atoms with E-state index in [9.17, 15) is 0 Å². The van der Waals surface area contributed by atoms with E-state index < -0.39 is 0 Å². The Labute approximate surface area is 164 Å². The Morgan fingerprint density at radius 3 is 1.85 bits per heavy atom. The van der Waals surface area contributed by atoms with Crippen molar-refractivity contribution >= 4 is 0 Å². The second-order valence-corrected chi connectivity index (χ2v) is 7.66. The summed E-state index contributed by atoms with van der Waals surface area (Å²) < 4.78 is 0. The van der Waals surface area contributed by atoms with Crippen molar-refractivity contribution in [1.29, 1.82) is 0 Å². The second-order valence-electron chi connectivity index (χ2n) is 7.66. The molecule has 1 fully saturated rings. The summed E-state index contributed by atoms with van der Waals surface area (Å²) in [6.07, 6.45) is 6.28. The zero-order valence-corrected chi connectivity index (χ0v) is 16.5. The Morgan fingerprint density at radius 2 is 1.26 bits per heavy atom. The molecule has 4 rings (SSSR count). The van der Waals surface area contributed by atoms with Gasteiger partial charge in [0.1, 0.15) is 0 Å². The highest BCUT2D eigenvalue weighted by Gasteiger charge is 2.16. The van der Waals surface area contributed by atoms with E-state index in [0.29, 0.717) is 6.61 Å². The van der Waals surface area contributed by atoms with Crippen molar-refractivity contribution in [3.8, 4) is 0 Å². The maximum Gasteiger partial charge on any atom is 0.0443 e. The van der Waals surface area contributed by atoms with E-state index in [2.05, 4.69) is 64.4 Å². The normalized spacial score (nSPS) is 17.7. The van der Waals surface area contributed by atoms with Gasteiger partial charge in [-0.2, -0.15) is 0 Å². The Balaban J connectivity index is 0.000000177. The van der Waals surface area contributed by atoms with Crippen molar-refractivity contribution in [3.05, 3.63) is 71.3 Å². The predicted molar refractivity (Wildman–Crippen MR) is 113 cm³/mol. The largest absolute Gasteiger partial charge is 0.396 e. The first-order chi connectivity index (χ1) is 13.3. The van der Waals surface area contributed by atoms with Crippen LogP contribution in [0.5, 0.6) is 0 Å². The summed E-state index contributed by atoms with van der Waals surface area (Å²) in [4.78, 5) is 4.95. The number of hydrogen-bond donors (Lipinski definition) is 1. The Kier molecular flexibility index (Phi) is 8.34. The highest BCUT2D eigenvalue weighted by Crippen LogP contribution is 2.19. The molecule has 2 aromatic rings. The number of aliphatic hydroxyl groups excluding tert-OH is 1. The standard InChI is InChI=1S/C14H22N2O.C10H12/c17-12-4-7-15-8-10-16(11-9-15)13-14-5-2-1-3-6-14;1-2-6-10-8-4-3-7-9(10)5-1/h1-3,5-6,17H,4,7-13H2;1-2,5-6H,3-4,7-8H2. The van der Waals surface area contributed by atoms with E-state index in [1.165, 1.54) is 31.2 Å². The molecule has 27 heavy (non-hydrogen) atoms. The van der Waals surface area contributed by atoms with Crippen LogP contribution in [0.1, 0.15) is 36.0 Å². The van der Waals surface area contributed by atoms with Crippen LogP contribution < -0.4 is 0 Å². The minimum absolute atomic E-state index is 0.310. The number of rotatable bonds is 5. The van der Waals surface area contributed by atoms with E-state index in [1.54, 1.807) is 11.1 Å². The van der Waals surface area contributed by atoms with Gasteiger partial charge in [-0.25, -0.2) is 0 Å². The van der Waals surface area contributed by atoms with Gasteiger partial charge in [-0.1, -0.05) is 54.6 Å². The van der Waals surface area contributed by atoms with Crippen molar-refractivity contribution < 1.29 is 5.11 Å². The second kappa shape index (κ2) is 11.2. The number of fused-ring (bicyclic) bond motifs is 1. The monoisotopic (exact) mass is 366 g/mol. The van der Waals surface area contributed by atoms with Crippen LogP contribution in [0.15, 0.2) is 54.6 Å². The van der Waals surface area contributed by atoms with Crippen LogP contribution in [0.25, 0.3) is 0 Å². The molecule has 0 unspecified atom stereocenters. The van der Waals surface area contributed by atoms with Crippen LogP contribution in [-0.2, 0) is 19.4 Å². The molecule has 0 bridgehead atoms. The van der Waals surface area contributed by atoms with E-state index in [1.807, 2.05) is 0 Å². The highest BCUT2D eigenvalue weighted by atomic mass is 16.3. The van der Waals surface area contributed by atoms with Gasteiger partial charge >= 0.3 is 0 Å². The molecule has 2 aliphatic rings. The smallest absolute Gasteiger partial charge is 0.0443 e. The summed E-state index contributed by atoms with van der Waals surface area (Å²) in [5.74, 6) is 0. The lowest BCUT2D eigenvalue weighted by Gasteiger charge is -2.34. The first kappa shape index (κ1) is 20.1. The Bertz CT molecular complexity index is 625. The lowest BCUT2D eigenvalue weighted by Crippen LogP contribution is -2.46. The van der Waals surface area contributed by atoms with Gasteiger partial charge in [0.05, 0.1) is 0 Å².